The fourth-order valence-corrected chi connectivity index (χ4v) is 2.39. The van der Waals surface area contributed by atoms with Crippen molar-refractivity contribution < 1.29 is 14.3 Å². The molecule has 0 aliphatic heterocycles. The van der Waals surface area contributed by atoms with Gasteiger partial charge in [0.1, 0.15) is 5.75 Å². The van der Waals surface area contributed by atoms with E-state index in [2.05, 4.69) is 21.5 Å². The van der Waals surface area contributed by atoms with E-state index in [1.54, 1.807) is 31.4 Å². The summed E-state index contributed by atoms with van der Waals surface area (Å²) in [6, 6.07) is 14.1. The van der Waals surface area contributed by atoms with E-state index < -0.39 is 11.8 Å². The number of benzene rings is 2. The summed E-state index contributed by atoms with van der Waals surface area (Å²) in [4.78, 5) is 23.8. The normalized spacial score (nSPS) is 9.85. The molecule has 7 nitrogen and oxygen atoms in total. The van der Waals surface area contributed by atoms with Gasteiger partial charge in [-0.05, 0) is 42.0 Å². The fourth-order valence-electron chi connectivity index (χ4n) is 2.04. The van der Waals surface area contributed by atoms with Crippen molar-refractivity contribution in [1.82, 2.24) is 21.5 Å². The molecule has 0 bridgehead atoms. The highest BCUT2D eigenvalue weighted by molar-refractivity contribution is 7.80. The lowest BCUT2D eigenvalue weighted by Gasteiger charge is -2.12. The van der Waals surface area contributed by atoms with E-state index in [1.165, 1.54) is 0 Å². The van der Waals surface area contributed by atoms with Gasteiger partial charge in [-0.3, -0.25) is 20.4 Å². The van der Waals surface area contributed by atoms with Crippen molar-refractivity contribution in [1.29, 1.82) is 0 Å². The fraction of sp³-hybridized carbons (Fsp3) is 0.167. The Hall–Kier alpha value is -2.84. The van der Waals surface area contributed by atoms with E-state index >= 15 is 0 Å². The number of halogens is 1. The second-order valence-corrected chi connectivity index (χ2v) is 6.18. The van der Waals surface area contributed by atoms with Crippen LogP contribution < -0.4 is 26.2 Å². The zero-order chi connectivity index (χ0) is 19.6. The third kappa shape index (κ3) is 6.76. The molecule has 0 aliphatic rings. The molecule has 142 valence electrons. The van der Waals surface area contributed by atoms with E-state index in [0.29, 0.717) is 17.1 Å². The van der Waals surface area contributed by atoms with Gasteiger partial charge in [0.25, 0.3) is 11.8 Å². The predicted octanol–water partition coefficient (Wildman–Crippen LogP) is 1.77. The summed E-state index contributed by atoms with van der Waals surface area (Å²) in [6.45, 7) is 0.257. The zero-order valence-corrected chi connectivity index (χ0v) is 16.1. The molecule has 0 atom stereocenters. The molecule has 2 amide bonds. The Morgan fingerprint density at radius 2 is 1.74 bits per heavy atom. The largest absolute Gasteiger partial charge is 0.497 e. The molecular formula is C18H19ClN4O3S. The lowest BCUT2D eigenvalue weighted by molar-refractivity contribution is -0.120. The van der Waals surface area contributed by atoms with Gasteiger partial charge in [0.05, 0.1) is 24.2 Å². The Bertz CT molecular complexity index is 815. The van der Waals surface area contributed by atoms with Crippen LogP contribution in [0.25, 0.3) is 0 Å². The smallest absolute Gasteiger partial charge is 0.257 e. The maximum absolute atomic E-state index is 12.0. The van der Waals surface area contributed by atoms with Crippen LogP contribution in [-0.2, 0) is 11.3 Å². The summed E-state index contributed by atoms with van der Waals surface area (Å²) < 4.78 is 5.09. The van der Waals surface area contributed by atoms with Crippen molar-refractivity contribution in [3.63, 3.8) is 0 Å². The minimum absolute atomic E-state index is 0.224. The van der Waals surface area contributed by atoms with Crippen molar-refractivity contribution in [2.75, 3.05) is 13.7 Å². The lowest BCUT2D eigenvalue weighted by Crippen LogP contribution is -2.49. The molecule has 2 aromatic rings. The molecule has 0 saturated heterocycles. The van der Waals surface area contributed by atoms with Crippen molar-refractivity contribution in [3.05, 3.63) is 64.7 Å². The minimum atomic E-state index is -0.455. The second kappa shape index (κ2) is 10.3. The minimum Gasteiger partial charge on any atom is -0.497 e. The van der Waals surface area contributed by atoms with Crippen LogP contribution in [0, 0.1) is 0 Å². The third-order valence-electron chi connectivity index (χ3n) is 3.46. The summed E-state index contributed by atoms with van der Waals surface area (Å²) in [5.74, 6) is -0.120. The summed E-state index contributed by atoms with van der Waals surface area (Å²) in [6.07, 6.45) is 0. The van der Waals surface area contributed by atoms with Crippen molar-refractivity contribution in [2.45, 2.75) is 6.54 Å². The SMILES string of the molecule is COc1ccc(CNC(=S)NNC(=O)CNC(=O)c2ccccc2Cl)cc1. The second-order valence-electron chi connectivity index (χ2n) is 5.37. The molecule has 0 unspecified atom stereocenters. The highest BCUT2D eigenvalue weighted by Crippen LogP contribution is 2.14. The number of rotatable bonds is 6. The predicted molar refractivity (Wildman–Crippen MR) is 107 cm³/mol. The van der Waals surface area contributed by atoms with Crippen molar-refractivity contribution in [3.8, 4) is 5.75 Å². The van der Waals surface area contributed by atoms with E-state index in [9.17, 15) is 9.59 Å². The van der Waals surface area contributed by atoms with Gasteiger partial charge in [0.15, 0.2) is 5.11 Å². The zero-order valence-electron chi connectivity index (χ0n) is 14.5. The molecule has 0 radical (unpaired) electrons. The molecule has 0 spiro atoms. The first-order chi connectivity index (χ1) is 13.0. The number of hydrogen-bond donors (Lipinski definition) is 4. The average Bonchev–Trinajstić information content (AvgIpc) is 2.69. The number of thiocarbonyl (C=S) groups is 1. The van der Waals surface area contributed by atoms with Gasteiger partial charge in [-0.15, -0.1) is 0 Å². The molecule has 0 fully saturated rings. The first-order valence-corrected chi connectivity index (χ1v) is 8.76. The Morgan fingerprint density at radius 3 is 2.41 bits per heavy atom. The number of methoxy groups -OCH3 is 1. The highest BCUT2D eigenvalue weighted by atomic mass is 35.5. The molecule has 0 aliphatic carbocycles. The molecule has 4 N–H and O–H groups in total. The Balaban J connectivity index is 1.67. The monoisotopic (exact) mass is 406 g/mol. The van der Waals surface area contributed by atoms with Gasteiger partial charge < -0.3 is 15.4 Å². The van der Waals surface area contributed by atoms with E-state index in [1.807, 2.05) is 24.3 Å². The van der Waals surface area contributed by atoms with Crippen LogP contribution in [0.2, 0.25) is 5.02 Å². The number of carbonyl (C=O) groups is 2. The summed E-state index contributed by atoms with van der Waals surface area (Å²) in [5, 5.41) is 5.99. The number of ether oxygens (including phenoxy) is 1. The molecule has 0 aromatic heterocycles. The standard InChI is InChI=1S/C18H19ClN4O3S/c1-26-13-8-6-12(7-9-13)10-21-18(27)23-22-16(24)11-20-17(25)14-4-2-3-5-15(14)19/h2-9H,10-11H2,1H3,(H,20,25)(H,22,24)(H2,21,23,27). The van der Waals surface area contributed by atoms with Crippen LogP contribution in [0.1, 0.15) is 15.9 Å². The molecule has 0 heterocycles. The van der Waals surface area contributed by atoms with Crippen molar-refractivity contribution >= 4 is 40.7 Å². The quantitative estimate of drug-likeness (QED) is 0.432. The Labute approximate surface area is 167 Å². The van der Waals surface area contributed by atoms with E-state index in [-0.39, 0.29) is 11.7 Å². The summed E-state index contributed by atoms with van der Waals surface area (Å²) >= 11 is 11.0. The van der Waals surface area contributed by atoms with Crippen molar-refractivity contribution in [2.24, 2.45) is 0 Å². The number of hydrazine groups is 1. The average molecular weight is 407 g/mol. The van der Waals surface area contributed by atoms with Gasteiger partial charge in [-0.25, -0.2) is 0 Å². The first-order valence-electron chi connectivity index (χ1n) is 7.98. The molecule has 2 rings (SSSR count). The number of carbonyl (C=O) groups excluding carboxylic acids is 2. The molecule has 0 saturated carbocycles. The van der Waals surface area contributed by atoms with Gasteiger partial charge >= 0.3 is 0 Å². The lowest BCUT2D eigenvalue weighted by atomic mass is 10.2. The Morgan fingerprint density at radius 1 is 1.04 bits per heavy atom. The number of hydrogen-bond acceptors (Lipinski definition) is 4. The van der Waals surface area contributed by atoms with Gasteiger partial charge in [0, 0.05) is 6.54 Å². The van der Waals surface area contributed by atoms with Crippen LogP contribution >= 0.6 is 23.8 Å². The van der Waals surface area contributed by atoms with Crippen LogP contribution in [0.4, 0.5) is 0 Å². The molecule has 27 heavy (non-hydrogen) atoms. The van der Waals surface area contributed by atoms with Gasteiger partial charge in [-0.2, -0.15) is 0 Å². The van der Waals surface area contributed by atoms with Crippen LogP contribution in [0.15, 0.2) is 48.5 Å². The molecular weight excluding hydrogens is 388 g/mol. The molecule has 9 heteroatoms. The van der Waals surface area contributed by atoms with Crippen LogP contribution in [-0.4, -0.2) is 30.6 Å². The topological polar surface area (TPSA) is 91.5 Å². The Kier molecular flexibility index (Phi) is 7.84. The van der Waals surface area contributed by atoms with Gasteiger partial charge in [0.2, 0.25) is 0 Å². The number of nitrogens with one attached hydrogen (secondary N) is 4. The number of amides is 2. The summed E-state index contributed by atoms with van der Waals surface area (Å²) in [5.41, 5.74) is 6.27. The molecule has 2 aromatic carbocycles. The first kappa shape index (κ1) is 20.5. The van der Waals surface area contributed by atoms with Crippen LogP contribution in [0.3, 0.4) is 0 Å². The third-order valence-corrected chi connectivity index (χ3v) is 4.03. The summed E-state index contributed by atoms with van der Waals surface area (Å²) in [7, 11) is 1.60. The van der Waals surface area contributed by atoms with Crippen LogP contribution in [0.5, 0.6) is 5.75 Å². The van der Waals surface area contributed by atoms with E-state index in [0.717, 1.165) is 11.3 Å². The highest BCUT2D eigenvalue weighted by Gasteiger charge is 2.11. The maximum Gasteiger partial charge on any atom is 0.257 e. The van der Waals surface area contributed by atoms with Gasteiger partial charge in [-0.1, -0.05) is 35.9 Å². The maximum atomic E-state index is 12.0. The van der Waals surface area contributed by atoms with E-state index in [4.69, 9.17) is 28.6 Å².